The number of nitrogens with zero attached hydrogens (tertiary/aromatic N) is 1. The molecule has 100 valence electrons. The second-order valence-corrected chi connectivity index (χ2v) is 6.30. The Labute approximate surface area is 118 Å². The molecule has 0 bridgehead atoms. The summed E-state index contributed by atoms with van der Waals surface area (Å²) in [5, 5.41) is 0. The molecule has 1 aliphatic rings. The standard InChI is InChI=1S/C15H22BrNO/c1-12(15-7-2-4-10-17-15)14(16)9-8-13-6-3-5-11-18-13/h2,4,7,10,12-14H,3,5-6,8-9,11H2,1H3. The van der Waals surface area contributed by atoms with Crippen molar-refractivity contribution in [2.24, 2.45) is 0 Å². The zero-order valence-corrected chi connectivity index (χ0v) is 12.6. The molecule has 0 N–H and O–H groups in total. The highest BCUT2D eigenvalue weighted by Crippen LogP contribution is 2.28. The predicted molar refractivity (Wildman–Crippen MR) is 78.2 cm³/mol. The predicted octanol–water partition coefficient (Wildman–Crippen LogP) is 4.30. The third-order valence-electron chi connectivity index (χ3n) is 3.74. The molecule has 18 heavy (non-hydrogen) atoms. The van der Waals surface area contributed by atoms with Crippen molar-refractivity contribution in [1.29, 1.82) is 0 Å². The van der Waals surface area contributed by atoms with Gasteiger partial charge in [0.15, 0.2) is 0 Å². The fourth-order valence-electron chi connectivity index (χ4n) is 2.46. The Morgan fingerprint density at radius 3 is 3.00 bits per heavy atom. The summed E-state index contributed by atoms with van der Waals surface area (Å²) in [7, 11) is 0. The quantitative estimate of drug-likeness (QED) is 0.756. The summed E-state index contributed by atoms with van der Waals surface area (Å²) in [6.07, 6.45) is 8.46. The topological polar surface area (TPSA) is 22.1 Å². The molecule has 0 radical (unpaired) electrons. The van der Waals surface area contributed by atoms with Gasteiger partial charge in [0.2, 0.25) is 0 Å². The number of pyridine rings is 1. The third kappa shape index (κ3) is 4.06. The highest BCUT2D eigenvalue weighted by Gasteiger charge is 2.20. The lowest BCUT2D eigenvalue weighted by Crippen LogP contribution is -2.21. The summed E-state index contributed by atoms with van der Waals surface area (Å²) < 4.78 is 5.78. The molecule has 3 unspecified atom stereocenters. The van der Waals surface area contributed by atoms with Crippen LogP contribution in [-0.2, 0) is 4.74 Å². The van der Waals surface area contributed by atoms with Gasteiger partial charge in [-0.05, 0) is 44.2 Å². The van der Waals surface area contributed by atoms with Crippen LogP contribution in [0.5, 0.6) is 0 Å². The van der Waals surface area contributed by atoms with Crippen LogP contribution in [0, 0.1) is 0 Å². The van der Waals surface area contributed by atoms with Gasteiger partial charge < -0.3 is 4.74 Å². The van der Waals surface area contributed by atoms with Crippen LogP contribution in [0.4, 0.5) is 0 Å². The molecular weight excluding hydrogens is 290 g/mol. The molecule has 1 saturated heterocycles. The fraction of sp³-hybridized carbons (Fsp3) is 0.667. The van der Waals surface area contributed by atoms with E-state index in [9.17, 15) is 0 Å². The average Bonchev–Trinajstić information content (AvgIpc) is 2.46. The van der Waals surface area contributed by atoms with Crippen LogP contribution in [0.3, 0.4) is 0 Å². The van der Waals surface area contributed by atoms with E-state index in [4.69, 9.17) is 4.74 Å². The first-order valence-electron chi connectivity index (χ1n) is 6.94. The molecular formula is C15H22BrNO. The Morgan fingerprint density at radius 1 is 1.44 bits per heavy atom. The van der Waals surface area contributed by atoms with Crippen molar-refractivity contribution in [1.82, 2.24) is 4.98 Å². The molecule has 1 aromatic heterocycles. The van der Waals surface area contributed by atoms with Gasteiger partial charge in [-0.15, -0.1) is 0 Å². The minimum atomic E-state index is 0.454. The van der Waals surface area contributed by atoms with Crippen molar-refractivity contribution >= 4 is 15.9 Å². The summed E-state index contributed by atoms with van der Waals surface area (Å²) in [4.78, 5) is 4.92. The van der Waals surface area contributed by atoms with Gasteiger partial charge in [-0.2, -0.15) is 0 Å². The van der Waals surface area contributed by atoms with E-state index in [0.29, 0.717) is 16.8 Å². The Bertz CT molecular complexity index is 338. The number of aromatic nitrogens is 1. The van der Waals surface area contributed by atoms with Crippen LogP contribution in [0.15, 0.2) is 24.4 Å². The van der Waals surface area contributed by atoms with Crippen LogP contribution in [0.25, 0.3) is 0 Å². The first kappa shape index (κ1) is 14.0. The molecule has 0 amide bonds. The van der Waals surface area contributed by atoms with Crippen molar-refractivity contribution in [3.05, 3.63) is 30.1 Å². The maximum absolute atomic E-state index is 5.78. The lowest BCUT2D eigenvalue weighted by molar-refractivity contribution is 0.00997. The molecule has 3 atom stereocenters. The number of ether oxygens (including phenoxy) is 1. The van der Waals surface area contributed by atoms with Gasteiger partial charge in [0.25, 0.3) is 0 Å². The fourth-order valence-corrected chi connectivity index (χ4v) is 3.00. The largest absolute Gasteiger partial charge is 0.378 e. The SMILES string of the molecule is CC(c1ccccn1)C(Br)CCC1CCCCO1. The van der Waals surface area contributed by atoms with E-state index in [2.05, 4.69) is 40.0 Å². The lowest BCUT2D eigenvalue weighted by Gasteiger charge is -2.25. The molecule has 1 aliphatic heterocycles. The third-order valence-corrected chi connectivity index (χ3v) is 4.99. The molecule has 2 rings (SSSR count). The van der Waals surface area contributed by atoms with Gasteiger partial charge in [0.1, 0.15) is 0 Å². The summed E-state index contributed by atoms with van der Waals surface area (Å²) in [6, 6.07) is 6.13. The summed E-state index contributed by atoms with van der Waals surface area (Å²) in [5.74, 6) is 0.454. The molecule has 0 aromatic carbocycles. The Kier molecular flexibility index (Phi) is 5.64. The molecule has 0 aliphatic carbocycles. The van der Waals surface area contributed by atoms with E-state index < -0.39 is 0 Å². The lowest BCUT2D eigenvalue weighted by atomic mass is 9.96. The molecule has 1 fully saturated rings. The smallest absolute Gasteiger partial charge is 0.0575 e. The van der Waals surface area contributed by atoms with Gasteiger partial charge in [-0.25, -0.2) is 0 Å². The van der Waals surface area contributed by atoms with Gasteiger partial charge >= 0.3 is 0 Å². The van der Waals surface area contributed by atoms with Crippen molar-refractivity contribution in [2.75, 3.05) is 6.61 Å². The average molecular weight is 312 g/mol. The van der Waals surface area contributed by atoms with Crippen molar-refractivity contribution < 1.29 is 4.74 Å². The van der Waals surface area contributed by atoms with E-state index in [1.54, 1.807) is 0 Å². The summed E-state index contributed by atoms with van der Waals surface area (Å²) in [6.45, 7) is 3.19. The van der Waals surface area contributed by atoms with Gasteiger partial charge in [-0.3, -0.25) is 4.98 Å². The first-order chi connectivity index (χ1) is 8.77. The minimum Gasteiger partial charge on any atom is -0.378 e. The molecule has 0 saturated carbocycles. The monoisotopic (exact) mass is 311 g/mol. The van der Waals surface area contributed by atoms with E-state index in [1.165, 1.54) is 25.0 Å². The molecule has 1 aromatic rings. The zero-order chi connectivity index (χ0) is 12.8. The van der Waals surface area contributed by atoms with Gasteiger partial charge in [0.05, 0.1) is 6.10 Å². The molecule has 3 heteroatoms. The Hall–Kier alpha value is -0.410. The van der Waals surface area contributed by atoms with E-state index in [-0.39, 0.29) is 0 Å². The van der Waals surface area contributed by atoms with Crippen LogP contribution in [0.2, 0.25) is 0 Å². The second kappa shape index (κ2) is 7.25. The van der Waals surface area contributed by atoms with Crippen LogP contribution < -0.4 is 0 Å². The van der Waals surface area contributed by atoms with Gasteiger partial charge in [-0.1, -0.05) is 28.9 Å². The summed E-state index contributed by atoms with van der Waals surface area (Å²) in [5.41, 5.74) is 1.17. The molecule has 0 spiro atoms. The maximum atomic E-state index is 5.78. The number of rotatable bonds is 5. The highest BCUT2D eigenvalue weighted by atomic mass is 79.9. The maximum Gasteiger partial charge on any atom is 0.0575 e. The number of hydrogen-bond donors (Lipinski definition) is 0. The molecule has 2 heterocycles. The van der Waals surface area contributed by atoms with E-state index in [0.717, 1.165) is 19.4 Å². The zero-order valence-electron chi connectivity index (χ0n) is 11.0. The number of halogens is 1. The van der Waals surface area contributed by atoms with Crippen molar-refractivity contribution in [2.45, 2.75) is 55.9 Å². The summed E-state index contributed by atoms with van der Waals surface area (Å²) >= 11 is 3.81. The van der Waals surface area contributed by atoms with E-state index >= 15 is 0 Å². The Balaban J connectivity index is 1.78. The number of alkyl halides is 1. The normalized spacial score (nSPS) is 23.6. The second-order valence-electron chi connectivity index (χ2n) is 5.13. The van der Waals surface area contributed by atoms with Crippen LogP contribution in [-0.4, -0.2) is 22.5 Å². The Morgan fingerprint density at radius 2 is 2.33 bits per heavy atom. The first-order valence-corrected chi connectivity index (χ1v) is 7.85. The molecule has 2 nitrogen and oxygen atoms in total. The van der Waals surface area contributed by atoms with Gasteiger partial charge in [0, 0.05) is 29.2 Å². The number of hydrogen-bond acceptors (Lipinski definition) is 2. The minimum absolute atomic E-state index is 0.454. The van der Waals surface area contributed by atoms with E-state index in [1.807, 2.05) is 12.3 Å². The van der Waals surface area contributed by atoms with Crippen molar-refractivity contribution in [3.8, 4) is 0 Å². The van der Waals surface area contributed by atoms with Crippen LogP contribution >= 0.6 is 15.9 Å². The van der Waals surface area contributed by atoms with Crippen molar-refractivity contribution in [3.63, 3.8) is 0 Å². The van der Waals surface area contributed by atoms with Crippen LogP contribution in [0.1, 0.15) is 50.6 Å². The highest BCUT2D eigenvalue weighted by molar-refractivity contribution is 9.09.